The van der Waals surface area contributed by atoms with Gasteiger partial charge >= 0.3 is 0 Å². The van der Waals surface area contributed by atoms with Gasteiger partial charge in [0, 0.05) is 36.1 Å². The molecule has 21 heavy (non-hydrogen) atoms. The largest absolute Gasteiger partial charge is 0.497 e. The van der Waals surface area contributed by atoms with Crippen LogP contribution in [0, 0.1) is 0 Å². The molecule has 1 aliphatic heterocycles. The van der Waals surface area contributed by atoms with Crippen LogP contribution in [-0.2, 0) is 11.2 Å². The van der Waals surface area contributed by atoms with Crippen LogP contribution >= 0.6 is 0 Å². The Bertz CT molecular complexity index is 650. The summed E-state index contributed by atoms with van der Waals surface area (Å²) in [5.74, 6) is 0.861. The average Bonchev–Trinajstić information content (AvgIpc) is 2.89. The third-order valence-electron chi connectivity index (χ3n) is 4.02. The summed E-state index contributed by atoms with van der Waals surface area (Å²) in [6, 6.07) is 5.75. The van der Waals surface area contributed by atoms with Crippen molar-refractivity contribution in [1.29, 1.82) is 0 Å². The summed E-state index contributed by atoms with van der Waals surface area (Å²) in [6.07, 6.45) is 3.99. The summed E-state index contributed by atoms with van der Waals surface area (Å²) in [5.41, 5.74) is 7.59. The van der Waals surface area contributed by atoms with Gasteiger partial charge in [-0.05, 0) is 25.0 Å². The number of benzene rings is 1. The number of nitrogens with zero attached hydrogens (tertiary/aromatic N) is 1. The lowest BCUT2D eigenvalue weighted by molar-refractivity contribution is -0.131. The standard InChI is InChI=1S/C16H20N2O3/c1-20-13-4-5-14-11(10-21-15(14)8-13)7-16(19)18-6-2-3-12(17)9-18/h4-5,8,10,12H,2-3,6-7,9,17H2,1H3. The lowest BCUT2D eigenvalue weighted by Crippen LogP contribution is -2.46. The van der Waals surface area contributed by atoms with E-state index < -0.39 is 0 Å². The lowest BCUT2D eigenvalue weighted by atomic mass is 10.0. The van der Waals surface area contributed by atoms with E-state index in [9.17, 15) is 4.79 Å². The number of hydrogen-bond acceptors (Lipinski definition) is 4. The van der Waals surface area contributed by atoms with Crippen molar-refractivity contribution in [2.24, 2.45) is 5.73 Å². The maximum Gasteiger partial charge on any atom is 0.227 e. The van der Waals surface area contributed by atoms with Crippen molar-refractivity contribution in [1.82, 2.24) is 4.90 Å². The van der Waals surface area contributed by atoms with E-state index in [-0.39, 0.29) is 11.9 Å². The molecule has 1 aliphatic rings. The molecule has 0 radical (unpaired) electrons. The van der Waals surface area contributed by atoms with Crippen LogP contribution in [-0.4, -0.2) is 37.0 Å². The Hall–Kier alpha value is -2.01. The highest BCUT2D eigenvalue weighted by Gasteiger charge is 2.22. The Morgan fingerprint density at radius 3 is 3.14 bits per heavy atom. The fourth-order valence-corrected chi connectivity index (χ4v) is 2.84. The van der Waals surface area contributed by atoms with E-state index in [2.05, 4.69) is 0 Å². The van der Waals surface area contributed by atoms with Crippen molar-refractivity contribution in [2.75, 3.05) is 20.2 Å². The van der Waals surface area contributed by atoms with Crippen LogP contribution in [0.3, 0.4) is 0 Å². The number of ether oxygens (including phenoxy) is 1. The molecule has 1 saturated heterocycles. The Kier molecular flexibility index (Phi) is 3.84. The van der Waals surface area contributed by atoms with Crippen LogP contribution in [0.2, 0.25) is 0 Å². The molecule has 5 nitrogen and oxygen atoms in total. The molecule has 1 atom stereocenters. The monoisotopic (exact) mass is 288 g/mol. The van der Waals surface area contributed by atoms with Gasteiger partial charge in [-0.15, -0.1) is 0 Å². The number of amides is 1. The third kappa shape index (κ3) is 2.88. The quantitative estimate of drug-likeness (QED) is 0.937. The van der Waals surface area contributed by atoms with E-state index in [0.717, 1.165) is 41.7 Å². The van der Waals surface area contributed by atoms with Gasteiger partial charge in [-0.1, -0.05) is 0 Å². The molecule has 0 aliphatic carbocycles. The second-order valence-corrected chi connectivity index (χ2v) is 5.54. The number of fused-ring (bicyclic) bond motifs is 1. The number of methoxy groups -OCH3 is 1. The molecule has 0 bridgehead atoms. The van der Waals surface area contributed by atoms with Gasteiger partial charge in [-0.3, -0.25) is 4.79 Å². The second kappa shape index (κ2) is 5.77. The Labute approximate surface area is 123 Å². The van der Waals surface area contributed by atoms with Crippen LogP contribution in [0.25, 0.3) is 11.0 Å². The number of furan rings is 1. The maximum absolute atomic E-state index is 12.4. The molecule has 2 N–H and O–H groups in total. The van der Waals surface area contributed by atoms with Crippen LogP contribution in [0.15, 0.2) is 28.9 Å². The third-order valence-corrected chi connectivity index (χ3v) is 4.02. The molecule has 0 spiro atoms. The zero-order valence-electron chi connectivity index (χ0n) is 12.2. The number of carbonyl (C=O) groups is 1. The zero-order valence-corrected chi connectivity index (χ0v) is 12.2. The first-order valence-electron chi connectivity index (χ1n) is 7.25. The van der Waals surface area contributed by atoms with Gasteiger partial charge in [-0.25, -0.2) is 0 Å². The normalized spacial score (nSPS) is 19.0. The minimum absolute atomic E-state index is 0.105. The molecule has 2 heterocycles. The lowest BCUT2D eigenvalue weighted by Gasteiger charge is -2.30. The molecule has 1 unspecified atom stereocenters. The molecule has 1 aromatic heterocycles. The van der Waals surface area contributed by atoms with E-state index in [0.29, 0.717) is 13.0 Å². The van der Waals surface area contributed by atoms with Gasteiger partial charge in [0.2, 0.25) is 5.91 Å². The van der Waals surface area contributed by atoms with Gasteiger partial charge < -0.3 is 19.8 Å². The molecule has 5 heteroatoms. The van der Waals surface area contributed by atoms with Gasteiger partial charge in [0.1, 0.15) is 11.3 Å². The molecule has 3 rings (SSSR count). The van der Waals surface area contributed by atoms with E-state index in [4.69, 9.17) is 14.9 Å². The molecule has 112 valence electrons. The molecule has 1 amide bonds. The SMILES string of the molecule is COc1ccc2c(CC(=O)N3CCCC(N)C3)coc2c1. The van der Waals surface area contributed by atoms with Gasteiger partial charge in [0.15, 0.2) is 0 Å². The fraction of sp³-hybridized carbons (Fsp3) is 0.438. The van der Waals surface area contributed by atoms with E-state index in [1.165, 1.54) is 0 Å². The van der Waals surface area contributed by atoms with Crippen molar-refractivity contribution < 1.29 is 13.9 Å². The summed E-state index contributed by atoms with van der Waals surface area (Å²) in [4.78, 5) is 14.2. The molecule has 1 fully saturated rings. The van der Waals surface area contributed by atoms with E-state index in [1.54, 1.807) is 13.4 Å². The summed E-state index contributed by atoms with van der Waals surface area (Å²) in [5, 5.41) is 0.963. The Morgan fingerprint density at radius 1 is 1.52 bits per heavy atom. The highest BCUT2D eigenvalue weighted by atomic mass is 16.5. The van der Waals surface area contributed by atoms with Crippen molar-refractivity contribution >= 4 is 16.9 Å². The minimum Gasteiger partial charge on any atom is -0.497 e. The van der Waals surface area contributed by atoms with E-state index in [1.807, 2.05) is 23.1 Å². The molecule has 0 saturated carbocycles. The topological polar surface area (TPSA) is 68.7 Å². The number of piperidine rings is 1. The summed E-state index contributed by atoms with van der Waals surface area (Å²) < 4.78 is 10.7. The minimum atomic E-state index is 0.105. The first kappa shape index (κ1) is 13.9. The van der Waals surface area contributed by atoms with Crippen LogP contribution in [0.4, 0.5) is 0 Å². The van der Waals surface area contributed by atoms with Gasteiger partial charge in [0.25, 0.3) is 0 Å². The van der Waals surface area contributed by atoms with Gasteiger partial charge in [-0.2, -0.15) is 0 Å². The van der Waals surface area contributed by atoms with Crippen molar-refractivity contribution in [3.63, 3.8) is 0 Å². The number of likely N-dealkylation sites (tertiary alicyclic amines) is 1. The number of nitrogens with two attached hydrogens (primary N) is 1. The number of rotatable bonds is 3. The summed E-state index contributed by atoms with van der Waals surface area (Å²) in [7, 11) is 1.62. The van der Waals surface area contributed by atoms with Crippen molar-refractivity contribution in [3.05, 3.63) is 30.0 Å². The molecule has 1 aromatic carbocycles. The van der Waals surface area contributed by atoms with Crippen LogP contribution in [0.1, 0.15) is 18.4 Å². The first-order chi connectivity index (χ1) is 10.2. The molecular formula is C16H20N2O3. The predicted octanol–water partition coefficient (Wildman–Crippen LogP) is 1.93. The van der Waals surface area contributed by atoms with Crippen LogP contribution in [0.5, 0.6) is 5.75 Å². The average molecular weight is 288 g/mol. The first-order valence-corrected chi connectivity index (χ1v) is 7.25. The van der Waals surface area contributed by atoms with Crippen LogP contribution < -0.4 is 10.5 Å². The molecular weight excluding hydrogens is 268 g/mol. The van der Waals surface area contributed by atoms with Crippen molar-refractivity contribution in [3.8, 4) is 5.75 Å². The smallest absolute Gasteiger partial charge is 0.227 e. The fourth-order valence-electron chi connectivity index (χ4n) is 2.84. The Balaban J connectivity index is 1.76. The van der Waals surface area contributed by atoms with Gasteiger partial charge in [0.05, 0.1) is 19.8 Å². The highest BCUT2D eigenvalue weighted by Crippen LogP contribution is 2.26. The predicted molar refractivity (Wildman–Crippen MR) is 80.3 cm³/mol. The van der Waals surface area contributed by atoms with E-state index >= 15 is 0 Å². The van der Waals surface area contributed by atoms with Crippen molar-refractivity contribution in [2.45, 2.75) is 25.3 Å². The highest BCUT2D eigenvalue weighted by molar-refractivity contribution is 5.88. The Morgan fingerprint density at radius 2 is 2.38 bits per heavy atom. The zero-order chi connectivity index (χ0) is 14.8. The summed E-state index contributed by atoms with van der Waals surface area (Å²) >= 11 is 0. The number of carbonyl (C=O) groups excluding carboxylic acids is 1. The summed E-state index contributed by atoms with van der Waals surface area (Å²) in [6.45, 7) is 1.46. The second-order valence-electron chi connectivity index (χ2n) is 5.54. The molecule has 2 aromatic rings. The maximum atomic E-state index is 12.4. The number of hydrogen-bond donors (Lipinski definition) is 1.